The molecule has 0 saturated carbocycles. The lowest BCUT2D eigenvalue weighted by atomic mass is 10.0. The van der Waals surface area contributed by atoms with Crippen LogP contribution in [0.4, 0.5) is 0 Å². The minimum absolute atomic E-state index is 0.0833. The zero-order valence-corrected chi connectivity index (χ0v) is 35.0. The van der Waals surface area contributed by atoms with E-state index in [-0.39, 0.29) is 38.8 Å². The smallest absolute Gasteiger partial charge is 0.457 e. The summed E-state index contributed by atoms with van der Waals surface area (Å²) >= 11 is 0. The number of carbonyl (C=O) groups excluding carboxylic acids is 1. The highest BCUT2D eigenvalue weighted by Gasteiger charge is 2.25. The standard InChI is InChI=1S/C43H84NO7P/c1-3-5-7-9-11-13-15-17-19-21-22-24-26-28-30-32-34-36-43(45)51-42(41-50-52(46,47)49-39-37-44)40-48-38-35-33-31-29-27-25-23-20-18-16-14-12-10-8-6-4-2/h29-32,42H,3-28,33-41,44H2,1-2H3,(H,46,47)/b31-29-,32-30-. The van der Waals surface area contributed by atoms with Crippen LogP contribution >= 0.6 is 7.82 Å². The van der Waals surface area contributed by atoms with Crippen molar-refractivity contribution in [3.63, 3.8) is 0 Å². The summed E-state index contributed by atoms with van der Waals surface area (Å²) in [5, 5.41) is 0. The van der Waals surface area contributed by atoms with Gasteiger partial charge in [0.2, 0.25) is 0 Å². The van der Waals surface area contributed by atoms with Gasteiger partial charge in [-0.25, -0.2) is 4.57 Å². The summed E-state index contributed by atoms with van der Waals surface area (Å²) < 4.78 is 33.3. The summed E-state index contributed by atoms with van der Waals surface area (Å²) in [5.41, 5.74) is 5.36. The van der Waals surface area contributed by atoms with Crippen LogP contribution in [0.15, 0.2) is 24.3 Å². The topological polar surface area (TPSA) is 117 Å². The summed E-state index contributed by atoms with van der Waals surface area (Å²) in [6.07, 6.45) is 45.1. The van der Waals surface area contributed by atoms with E-state index in [1.54, 1.807) is 0 Å². The maximum atomic E-state index is 12.5. The minimum atomic E-state index is -4.29. The van der Waals surface area contributed by atoms with E-state index >= 15 is 0 Å². The van der Waals surface area contributed by atoms with Crippen LogP contribution in [0, 0.1) is 0 Å². The maximum absolute atomic E-state index is 12.5. The Morgan fingerprint density at radius 3 is 1.40 bits per heavy atom. The molecule has 0 aliphatic carbocycles. The highest BCUT2D eigenvalue weighted by Crippen LogP contribution is 2.43. The van der Waals surface area contributed by atoms with Crippen LogP contribution in [-0.2, 0) is 27.9 Å². The van der Waals surface area contributed by atoms with Crippen molar-refractivity contribution in [3.8, 4) is 0 Å². The Morgan fingerprint density at radius 2 is 0.962 bits per heavy atom. The SMILES string of the molecule is CCCCCCCCCCCCC/C=C\CCCOCC(COP(=O)(O)OCCN)OC(=O)CC/C=C\CCCCCCCCCCCCCCC. The first-order valence-corrected chi connectivity index (χ1v) is 23.3. The van der Waals surface area contributed by atoms with Gasteiger partial charge < -0.3 is 20.1 Å². The molecule has 9 heteroatoms. The molecule has 0 spiro atoms. The van der Waals surface area contributed by atoms with Crippen molar-refractivity contribution in [2.75, 3.05) is 33.0 Å². The number of ether oxygens (including phenoxy) is 2. The number of rotatable bonds is 42. The number of allylic oxidation sites excluding steroid dienone is 4. The van der Waals surface area contributed by atoms with E-state index < -0.39 is 13.9 Å². The quantitative estimate of drug-likeness (QED) is 0.0273. The fourth-order valence-electron chi connectivity index (χ4n) is 6.14. The first kappa shape index (κ1) is 51.0. The van der Waals surface area contributed by atoms with Crippen LogP contribution < -0.4 is 5.73 Å². The molecule has 0 bridgehead atoms. The fourth-order valence-corrected chi connectivity index (χ4v) is 6.91. The molecule has 0 aromatic rings. The average Bonchev–Trinajstić information content (AvgIpc) is 3.13. The monoisotopic (exact) mass is 758 g/mol. The summed E-state index contributed by atoms with van der Waals surface area (Å²) in [6, 6.07) is 0. The molecule has 0 saturated heterocycles. The Kier molecular flexibility index (Phi) is 40.3. The third-order valence-electron chi connectivity index (χ3n) is 9.35. The van der Waals surface area contributed by atoms with Gasteiger partial charge in [0.15, 0.2) is 0 Å². The van der Waals surface area contributed by atoms with Crippen molar-refractivity contribution >= 4 is 13.8 Å². The van der Waals surface area contributed by atoms with E-state index in [1.165, 1.54) is 154 Å². The number of esters is 1. The maximum Gasteiger partial charge on any atom is 0.472 e. The highest BCUT2D eigenvalue weighted by atomic mass is 31.2. The van der Waals surface area contributed by atoms with Crippen LogP contribution in [0.2, 0.25) is 0 Å². The van der Waals surface area contributed by atoms with Gasteiger partial charge >= 0.3 is 13.8 Å². The average molecular weight is 758 g/mol. The Labute approximate surface area is 321 Å². The lowest BCUT2D eigenvalue weighted by molar-refractivity contribution is -0.154. The van der Waals surface area contributed by atoms with Crippen molar-refractivity contribution < 1.29 is 32.8 Å². The van der Waals surface area contributed by atoms with Gasteiger partial charge in [0.05, 0.1) is 19.8 Å². The van der Waals surface area contributed by atoms with Gasteiger partial charge in [0.1, 0.15) is 6.10 Å². The van der Waals surface area contributed by atoms with Gasteiger partial charge in [-0.05, 0) is 44.9 Å². The second-order valence-electron chi connectivity index (χ2n) is 14.6. The molecule has 0 aromatic heterocycles. The Hall–Kier alpha value is -1.02. The second-order valence-corrected chi connectivity index (χ2v) is 16.0. The zero-order chi connectivity index (χ0) is 38.1. The predicted octanol–water partition coefficient (Wildman–Crippen LogP) is 12.9. The van der Waals surface area contributed by atoms with Gasteiger partial charge in [0.25, 0.3) is 0 Å². The van der Waals surface area contributed by atoms with E-state index in [9.17, 15) is 14.3 Å². The zero-order valence-electron chi connectivity index (χ0n) is 34.1. The normalized spacial score (nSPS) is 13.7. The van der Waals surface area contributed by atoms with Gasteiger partial charge in [-0.3, -0.25) is 13.8 Å². The molecule has 0 amide bonds. The third kappa shape index (κ3) is 40.2. The van der Waals surface area contributed by atoms with Crippen LogP contribution in [0.3, 0.4) is 0 Å². The molecule has 8 nitrogen and oxygen atoms in total. The minimum Gasteiger partial charge on any atom is -0.457 e. The molecule has 0 radical (unpaired) electrons. The van der Waals surface area contributed by atoms with Crippen LogP contribution in [0.1, 0.15) is 206 Å². The number of hydrogen-bond donors (Lipinski definition) is 2. The van der Waals surface area contributed by atoms with E-state index in [0.29, 0.717) is 13.0 Å². The Balaban J connectivity index is 4.08. The number of nitrogens with two attached hydrogens (primary N) is 1. The molecule has 3 N–H and O–H groups in total. The van der Waals surface area contributed by atoms with Crippen molar-refractivity contribution in [3.05, 3.63) is 24.3 Å². The van der Waals surface area contributed by atoms with Crippen molar-refractivity contribution in [2.24, 2.45) is 5.73 Å². The first-order chi connectivity index (χ1) is 25.4. The van der Waals surface area contributed by atoms with Gasteiger partial charge in [-0.2, -0.15) is 0 Å². The van der Waals surface area contributed by atoms with Crippen LogP contribution in [0.5, 0.6) is 0 Å². The summed E-state index contributed by atoms with van der Waals surface area (Å²) in [7, 11) is -4.29. The molecular formula is C43H84NO7P. The van der Waals surface area contributed by atoms with E-state index in [4.69, 9.17) is 24.3 Å². The van der Waals surface area contributed by atoms with E-state index in [0.717, 1.165) is 25.7 Å². The van der Waals surface area contributed by atoms with Gasteiger partial charge in [-0.15, -0.1) is 0 Å². The molecule has 2 unspecified atom stereocenters. The Morgan fingerprint density at radius 1 is 0.558 bits per heavy atom. The summed E-state index contributed by atoms with van der Waals surface area (Å²) in [4.78, 5) is 22.4. The number of phosphoric ester groups is 1. The molecule has 0 fully saturated rings. The highest BCUT2D eigenvalue weighted by molar-refractivity contribution is 7.47. The molecule has 0 aliphatic rings. The molecule has 52 heavy (non-hydrogen) atoms. The second kappa shape index (κ2) is 41.1. The van der Waals surface area contributed by atoms with Gasteiger partial charge in [0, 0.05) is 19.6 Å². The number of unbranched alkanes of at least 4 members (excludes halogenated alkanes) is 25. The molecule has 0 aromatic carbocycles. The lowest BCUT2D eigenvalue weighted by Crippen LogP contribution is -2.28. The molecule has 308 valence electrons. The summed E-state index contributed by atoms with van der Waals surface area (Å²) in [5.74, 6) is -0.385. The van der Waals surface area contributed by atoms with E-state index in [2.05, 4.69) is 32.1 Å². The van der Waals surface area contributed by atoms with Crippen molar-refractivity contribution in [1.29, 1.82) is 0 Å². The number of carbonyl (C=O) groups is 1. The number of phosphoric acid groups is 1. The molecular weight excluding hydrogens is 673 g/mol. The van der Waals surface area contributed by atoms with E-state index in [1.807, 2.05) is 6.08 Å². The van der Waals surface area contributed by atoms with Crippen molar-refractivity contribution in [1.82, 2.24) is 0 Å². The third-order valence-corrected chi connectivity index (χ3v) is 10.3. The molecule has 0 rings (SSSR count). The largest absolute Gasteiger partial charge is 0.472 e. The lowest BCUT2D eigenvalue weighted by Gasteiger charge is -2.19. The summed E-state index contributed by atoms with van der Waals surface area (Å²) in [6.45, 7) is 4.82. The fraction of sp³-hybridized carbons (Fsp3) is 0.884. The van der Waals surface area contributed by atoms with Crippen LogP contribution in [-0.4, -0.2) is 49.9 Å². The predicted molar refractivity (Wildman–Crippen MR) is 220 cm³/mol. The van der Waals surface area contributed by atoms with Gasteiger partial charge in [-0.1, -0.05) is 179 Å². The molecule has 0 heterocycles. The Bertz CT molecular complexity index is 853. The molecule has 2 atom stereocenters. The van der Waals surface area contributed by atoms with Crippen molar-refractivity contribution in [2.45, 2.75) is 213 Å². The number of hydrogen-bond acceptors (Lipinski definition) is 7. The van der Waals surface area contributed by atoms with Crippen LogP contribution in [0.25, 0.3) is 0 Å². The molecule has 0 aliphatic heterocycles. The first-order valence-electron chi connectivity index (χ1n) is 21.8.